The van der Waals surface area contributed by atoms with Gasteiger partial charge in [0, 0.05) is 10.4 Å². The summed E-state index contributed by atoms with van der Waals surface area (Å²) in [5, 5.41) is 3.10. The van der Waals surface area contributed by atoms with Crippen LogP contribution in [0.3, 0.4) is 0 Å². The van der Waals surface area contributed by atoms with Crippen molar-refractivity contribution in [2.24, 2.45) is 0 Å². The third-order valence-corrected chi connectivity index (χ3v) is 6.87. The largest absolute Gasteiger partial charge is 0.486 e. The molecule has 0 radical (unpaired) electrons. The summed E-state index contributed by atoms with van der Waals surface area (Å²) in [5.41, 5.74) is 0.620. The number of ether oxygens (including phenoxy) is 2. The first-order valence-corrected chi connectivity index (χ1v) is 11.6. The van der Waals surface area contributed by atoms with E-state index in [9.17, 15) is 13.2 Å². The van der Waals surface area contributed by atoms with Gasteiger partial charge in [0.1, 0.15) is 28.9 Å². The molecular formula is C19H16Cl2N2O5S2. The molecule has 1 heterocycles. The Bertz CT molecular complexity index is 1150. The molecule has 0 amide bonds. The van der Waals surface area contributed by atoms with Gasteiger partial charge in [-0.15, -0.1) is 11.3 Å². The molecule has 3 aromatic rings. The van der Waals surface area contributed by atoms with E-state index in [0.717, 1.165) is 0 Å². The van der Waals surface area contributed by atoms with Gasteiger partial charge in [0.25, 0.3) is 0 Å². The molecule has 158 valence electrons. The topological polar surface area (TPSA) is 94.6 Å². The van der Waals surface area contributed by atoms with E-state index in [-0.39, 0.29) is 28.7 Å². The minimum absolute atomic E-state index is 0.00531. The van der Waals surface area contributed by atoms with Gasteiger partial charge in [-0.25, -0.2) is 22.9 Å². The lowest BCUT2D eigenvalue weighted by Gasteiger charge is -2.08. The molecule has 7 nitrogen and oxygen atoms in total. The molecule has 0 saturated carbocycles. The van der Waals surface area contributed by atoms with E-state index in [2.05, 4.69) is 9.71 Å². The molecule has 0 fully saturated rings. The lowest BCUT2D eigenvalue weighted by atomic mass is 10.2. The summed E-state index contributed by atoms with van der Waals surface area (Å²) in [5.74, 6) is -0.0242. The first-order chi connectivity index (χ1) is 14.3. The van der Waals surface area contributed by atoms with Crippen LogP contribution in [-0.4, -0.2) is 26.4 Å². The molecule has 0 aliphatic carbocycles. The summed E-state index contributed by atoms with van der Waals surface area (Å²) >= 11 is 13.1. The van der Waals surface area contributed by atoms with Crippen molar-refractivity contribution < 1.29 is 22.7 Å². The number of thiazole rings is 1. The average molecular weight is 487 g/mol. The summed E-state index contributed by atoms with van der Waals surface area (Å²) in [6.07, 6.45) is 0. The number of aromatic nitrogens is 1. The van der Waals surface area contributed by atoms with Crippen LogP contribution < -0.4 is 9.46 Å². The molecular weight excluding hydrogens is 471 g/mol. The first kappa shape index (κ1) is 22.5. The van der Waals surface area contributed by atoms with Crippen LogP contribution in [0.1, 0.15) is 21.1 Å². The van der Waals surface area contributed by atoms with Crippen molar-refractivity contribution in [3.63, 3.8) is 0 Å². The standard InChI is InChI=1S/C19H16Cl2N2O5S2/c1-22-30(25,26)17-8-12(2-7-16(17)21)19(24)28-9-14-11-29-18(23-14)10-27-15-5-3-13(20)4-6-15/h2-8,11,22H,9-10H2,1H3. The molecule has 0 bridgehead atoms. The van der Waals surface area contributed by atoms with Gasteiger partial charge in [-0.3, -0.25) is 0 Å². The molecule has 1 N–H and O–H groups in total. The lowest BCUT2D eigenvalue weighted by molar-refractivity contribution is 0.0468. The lowest BCUT2D eigenvalue weighted by Crippen LogP contribution is -2.19. The third-order valence-electron chi connectivity index (χ3n) is 3.85. The van der Waals surface area contributed by atoms with Gasteiger partial charge in [0.15, 0.2) is 0 Å². The Balaban J connectivity index is 1.59. The molecule has 0 spiro atoms. The van der Waals surface area contributed by atoms with Crippen LogP contribution >= 0.6 is 34.5 Å². The Kier molecular flexibility index (Phi) is 7.32. The summed E-state index contributed by atoms with van der Waals surface area (Å²) in [4.78, 5) is 16.5. The number of sulfonamides is 1. The predicted molar refractivity (Wildman–Crippen MR) is 115 cm³/mol. The van der Waals surface area contributed by atoms with Crippen LogP contribution in [0, 0.1) is 0 Å². The monoisotopic (exact) mass is 486 g/mol. The molecule has 11 heteroatoms. The van der Waals surface area contributed by atoms with Crippen molar-refractivity contribution in [3.05, 3.63) is 74.2 Å². The van der Waals surface area contributed by atoms with Crippen molar-refractivity contribution in [3.8, 4) is 5.75 Å². The molecule has 30 heavy (non-hydrogen) atoms. The minimum Gasteiger partial charge on any atom is -0.486 e. The summed E-state index contributed by atoms with van der Waals surface area (Å²) in [7, 11) is -2.54. The fraction of sp³-hybridized carbons (Fsp3) is 0.158. The van der Waals surface area contributed by atoms with Crippen molar-refractivity contribution in [2.45, 2.75) is 18.1 Å². The van der Waals surface area contributed by atoms with Gasteiger partial charge in [-0.1, -0.05) is 23.2 Å². The molecule has 0 aliphatic heterocycles. The maximum absolute atomic E-state index is 12.3. The van der Waals surface area contributed by atoms with E-state index in [0.29, 0.717) is 21.5 Å². The summed E-state index contributed by atoms with van der Waals surface area (Å²) in [6, 6.07) is 10.9. The predicted octanol–water partition coefficient (Wildman–Crippen LogP) is 4.29. The number of benzene rings is 2. The molecule has 3 rings (SSSR count). The van der Waals surface area contributed by atoms with Gasteiger partial charge in [0.2, 0.25) is 10.0 Å². The molecule has 2 aromatic carbocycles. The number of hydrogen-bond donors (Lipinski definition) is 1. The van der Waals surface area contributed by atoms with E-state index >= 15 is 0 Å². The van der Waals surface area contributed by atoms with Crippen molar-refractivity contribution >= 4 is 50.5 Å². The van der Waals surface area contributed by atoms with Crippen LogP contribution in [0.15, 0.2) is 52.7 Å². The average Bonchev–Trinajstić information content (AvgIpc) is 3.19. The Morgan fingerprint density at radius 1 is 1.13 bits per heavy atom. The zero-order chi connectivity index (χ0) is 21.7. The molecule has 0 aliphatic rings. The SMILES string of the molecule is CNS(=O)(=O)c1cc(C(=O)OCc2csc(COc3ccc(Cl)cc3)n2)ccc1Cl. The number of carbonyl (C=O) groups excluding carboxylic acids is 1. The van der Waals surface area contributed by atoms with E-state index in [1.165, 1.54) is 36.6 Å². The number of halogens is 2. The van der Waals surface area contributed by atoms with Crippen molar-refractivity contribution in [1.82, 2.24) is 9.71 Å². The Morgan fingerprint density at radius 3 is 2.57 bits per heavy atom. The molecule has 0 saturated heterocycles. The Morgan fingerprint density at radius 2 is 1.87 bits per heavy atom. The van der Waals surface area contributed by atoms with Gasteiger partial charge in [0.05, 0.1) is 16.3 Å². The van der Waals surface area contributed by atoms with Crippen LogP contribution in [-0.2, 0) is 28.0 Å². The van der Waals surface area contributed by atoms with Crippen molar-refractivity contribution in [2.75, 3.05) is 7.05 Å². The highest BCUT2D eigenvalue weighted by Crippen LogP contribution is 2.23. The molecule has 1 aromatic heterocycles. The quantitative estimate of drug-likeness (QED) is 0.477. The number of esters is 1. The fourth-order valence-corrected chi connectivity index (χ4v) is 4.39. The maximum Gasteiger partial charge on any atom is 0.338 e. The smallest absolute Gasteiger partial charge is 0.338 e. The number of nitrogens with one attached hydrogen (secondary N) is 1. The zero-order valence-corrected chi connectivity index (χ0v) is 18.7. The number of carbonyl (C=O) groups is 1. The molecule has 0 atom stereocenters. The first-order valence-electron chi connectivity index (χ1n) is 8.50. The third kappa shape index (κ3) is 5.71. The second-order valence-electron chi connectivity index (χ2n) is 5.90. The van der Waals surface area contributed by atoms with Gasteiger partial charge in [-0.2, -0.15) is 0 Å². The van der Waals surface area contributed by atoms with Gasteiger partial charge in [-0.05, 0) is 49.5 Å². The van der Waals surface area contributed by atoms with E-state index in [1.807, 2.05) is 0 Å². The number of hydrogen-bond acceptors (Lipinski definition) is 7. The van der Waals surface area contributed by atoms with Crippen LogP contribution in [0.4, 0.5) is 0 Å². The van der Waals surface area contributed by atoms with E-state index in [4.69, 9.17) is 32.7 Å². The van der Waals surface area contributed by atoms with E-state index in [1.54, 1.807) is 29.6 Å². The van der Waals surface area contributed by atoms with Crippen molar-refractivity contribution in [1.29, 1.82) is 0 Å². The van der Waals surface area contributed by atoms with Gasteiger partial charge < -0.3 is 9.47 Å². The van der Waals surface area contributed by atoms with Crippen LogP contribution in [0.5, 0.6) is 5.75 Å². The molecule has 0 unspecified atom stereocenters. The highest BCUT2D eigenvalue weighted by molar-refractivity contribution is 7.89. The second kappa shape index (κ2) is 9.76. The summed E-state index contributed by atoms with van der Waals surface area (Å²) in [6.45, 7) is 0.204. The van der Waals surface area contributed by atoms with Gasteiger partial charge >= 0.3 is 5.97 Å². The Labute approximate surface area is 187 Å². The van der Waals surface area contributed by atoms with E-state index < -0.39 is 16.0 Å². The van der Waals surface area contributed by atoms with Crippen LogP contribution in [0.25, 0.3) is 0 Å². The van der Waals surface area contributed by atoms with Crippen LogP contribution in [0.2, 0.25) is 10.0 Å². The fourth-order valence-electron chi connectivity index (χ4n) is 2.33. The normalized spacial score (nSPS) is 11.3. The summed E-state index contributed by atoms with van der Waals surface area (Å²) < 4.78 is 37.0. The highest BCUT2D eigenvalue weighted by Gasteiger charge is 2.19. The number of nitrogens with zero attached hydrogens (tertiary/aromatic N) is 1. The Hall–Kier alpha value is -2.17. The highest BCUT2D eigenvalue weighted by atomic mass is 35.5. The zero-order valence-electron chi connectivity index (χ0n) is 15.6. The maximum atomic E-state index is 12.3. The number of rotatable bonds is 8. The minimum atomic E-state index is -3.80. The second-order valence-corrected chi connectivity index (χ2v) is 9.55.